The van der Waals surface area contributed by atoms with Crippen molar-refractivity contribution in [3.63, 3.8) is 0 Å². The number of methoxy groups -OCH3 is 1. The summed E-state index contributed by atoms with van der Waals surface area (Å²) >= 11 is 0. The molecule has 0 aromatic heterocycles. The van der Waals surface area contributed by atoms with Crippen molar-refractivity contribution in [3.05, 3.63) is 11.8 Å². The standard InChI is InChI=1S/C17H31N3O4/c1-16(2,11-23-5)13(18)10-14(21)19-15(22)17(3,4)20-12-6-8-24-9-7-12/h10,12,20H,6-9,11,18H2,1-5H3,(H,19,21,22)/p+1. The van der Waals surface area contributed by atoms with Crippen molar-refractivity contribution in [2.24, 2.45) is 5.41 Å². The summed E-state index contributed by atoms with van der Waals surface area (Å²) in [6.07, 6.45) is 3.08. The summed E-state index contributed by atoms with van der Waals surface area (Å²) in [4.78, 5) is 24.5. The van der Waals surface area contributed by atoms with E-state index >= 15 is 0 Å². The van der Waals surface area contributed by atoms with E-state index in [1.54, 1.807) is 21.0 Å². The van der Waals surface area contributed by atoms with Crippen molar-refractivity contribution in [3.8, 4) is 0 Å². The molecule has 1 fully saturated rings. The number of hydrogen-bond donors (Lipinski definition) is 3. The third kappa shape index (κ3) is 6.32. The Kier molecular flexibility index (Phi) is 7.54. The minimum Gasteiger partial charge on any atom is -0.384 e. The molecule has 7 heteroatoms. The fourth-order valence-electron chi connectivity index (χ4n) is 2.53. The number of nitrogens with one attached hydrogen (secondary N) is 2. The van der Waals surface area contributed by atoms with Crippen LogP contribution in [0.15, 0.2) is 11.8 Å². The number of carbonyl (C=O) groups excluding carboxylic acids is 2. The van der Waals surface area contributed by atoms with E-state index in [-0.39, 0.29) is 17.4 Å². The molecule has 0 unspecified atom stereocenters. The summed E-state index contributed by atoms with van der Waals surface area (Å²) < 4.78 is 10.4. The summed E-state index contributed by atoms with van der Waals surface area (Å²) in [5.74, 6) is -0.816. The molecule has 0 radical (unpaired) electrons. The van der Waals surface area contributed by atoms with Crippen LogP contribution < -0.4 is 16.4 Å². The molecule has 1 rings (SSSR count). The zero-order chi connectivity index (χ0) is 18.4. The normalized spacial score (nSPS) is 17.7. The van der Waals surface area contributed by atoms with Crippen LogP contribution in [0, 0.1) is 5.41 Å². The van der Waals surface area contributed by atoms with Gasteiger partial charge >= 0.3 is 0 Å². The molecular formula is C17H32N3O4+. The summed E-state index contributed by atoms with van der Waals surface area (Å²) in [6, 6.07) is 0.217. The third-order valence-electron chi connectivity index (χ3n) is 4.27. The molecule has 7 nitrogen and oxygen atoms in total. The number of hydrogen-bond acceptors (Lipinski definition) is 5. The second-order valence-corrected chi connectivity index (χ2v) is 7.46. The van der Waals surface area contributed by atoms with Crippen LogP contribution in [0.5, 0.6) is 0 Å². The number of amides is 2. The fourth-order valence-corrected chi connectivity index (χ4v) is 2.53. The molecule has 0 aromatic rings. The largest absolute Gasteiger partial charge is 0.384 e. The van der Waals surface area contributed by atoms with Gasteiger partial charge < -0.3 is 20.5 Å². The van der Waals surface area contributed by atoms with Crippen LogP contribution in [0.2, 0.25) is 0 Å². The van der Waals surface area contributed by atoms with E-state index in [1.165, 1.54) is 6.08 Å². The number of quaternary nitrogens is 1. The van der Waals surface area contributed by atoms with Crippen molar-refractivity contribution in [1.29, 1.82) is 0 Å². The van der Waals surface area contributed by atoms with Gasteiger partial charge in [0.25, 0.3) is 5.91 Å². The molecule has 0 spiro atoms. The molecule has 1 saturated heterocycles. The fraction of sp³-hybridized carbons (Fsp3) is 0.765. The van der Waals surface area contributed by atoms with E-state index in [2.05, 4.69) is 16.4 Å². The second kappa shape index (κ2) is 8.71. The maximum atomic E-state index is 12.4. The SMILES string of the molecule is COCC(C)(C)C([NH3+])=CC(=O)NC(=O)C(C)(C)NC1CCOCC1. The first-order chi connectivity index (χ1) is 11.1. The lowest BCUT2D eigenvalue weighted by molar-refractivity contribution is -0.326. The van der Waals surface area contributed by atoms with Crippen LogP contribution in [0.25, 0.3) is 0 Å². The molecule has 2 amide bonds. The van der Waals surface area contributed by atoms with Crippen LogP contribution in [-0.2, 0) is 19.1 Å². The van der Waals surface area contributed by atoms with Gasteiger partial charge in [0.2, 0.25) is 5.91 Å². The highest BCUT2D eigenvalue weighted by molar-refractivity contribution is 6.04. The van der Waals surface area contributed by atoms with Crippen LogP contribution in [0.3, 0.4) is 0 Å². The Morgan fingerprint density at radius 2 is 1.83 bits per heavy atom. The van der Waals surface area contributed by atoms with Gasteiger partial charge in [-0.25, -0.2) is 0 Å². The third-order valence-corrected chi connectivity index (χ3v) is 4.27. The van der Waals surface area contributed by atoms with Crippen LogP contribution >= 0.6 is 0 Å². The van der Waals surface area contributed by atoms with Gasteiger partial charge in [-0.15, -0.1) is 0 Å². The predicted octanol–water partition coefficient (Wildman–Crippen LogP) is -0.0252. The summed E-state index contributed by atoms with van der Waals surface area (Å²) in [5, 5.41) is 5.73. The van der Waals surface area contributed by atoms with Crippen LogP contribution in [-0.4, -0.2) is 50.3 Å². The molecule has 1 heterocycles. The Bertz CT molecular complexity index is 480. The van der Waals surface area contributed by atoms with E-state index in [0.717, 1.165) is 12.8 Å². The number of carbonyl (C=O) groups is 2. The highest BCUT2D eigenvalue weighted by Gasteiger charge is 2.32. The van der Waals surface area contributed by atoms with E-state index in [1.807, 2.05) is 13.8 Å². The minimum absolute atomic E-state index is 0.217. The minimum atomic E-state index is -0.838. The van der Waals surface area contributed by atoms with Gasteiger partial charge in [0, 0.05) is 26.4 Å². The van der Waals surface area contributed by atoms with Gasteiger partial charge in [0.05, 0.1) is 23.6 Å². The Labute approximate surface area is 144 Å². The highest BCUT2D eigenvalue weighted by atomic mass is 16.5. The Hall–Kier alpha value is -1.28. The highest BCUT2D eigenvalue weighted by Crippen LogP contribution is 2.20. The molecular weight excluding hydrogens is 310 g/mol. The maximum Gasteiger partial charge on any atom is 0.256 e. The summed E-state index contributed by atoms with van der Waals surface area (Å²) in [5.41, 5.74) is 3.32. The van der Waals surface area contributed by atoms with Crippen molar-refractivity contribution in [1.82, 2.24) is 10.6 Å². The lowest BCUT2D eigenvalue weighted by atomic mass is 9.90. The zero-order valence-corrected chi connectivity index (χ0v) is 15.5. The second-order valence-electron chi connectivity index (χ2n) is 7.46. The monoisotopic (exact) mass is 342 g/mol. The number of rotatable bonds is 7. The van der Waals surface area contributed by atoms with Gasteiger partial charge in [0.15, 0.2) is 0 Å². The molecule has 0 aliphatic carbocycles. The average Bonchev–Trinajstić information content (AvgIpc) is 2.47. The lowest BCUT2D eigenvalue weighted by Crippen LogP contribution is -2.58. The quantitative estimate of drug-likeness (QED) is 0.564. The van der Waals surface area contributed by atoms with Crippen molar-refractivity contribution in [2.45, 2.75) is 52.1 Å². The summed E-state index contributed by atoms with van der Waals surface area (Å²) in [6.45, 7) is 9.24. The van der Waals surface area contributed by atoms with Gasteiger partial charge in [-0.05, 0) is 40.5 Å². The van der Waals surface area contributed by atoms with Gasteiger partial charge in [0.1, 0.15) is 5.70 Å². The molecule has 5 N–H and O–H groups in total. The smallest absolute Gasteiger partial charge is 0.256 e. The first-order valence-electron chi connectivity index (χ1n) is 8.32. The van der Waals surface area contributed by atoms with Crippen molar-refractivity contribution < 1.29 is 24.8 Å². The van der Waals surface area contributed by atoms with Crippen molar-refractivity contribution in [2.75, 3.05) is 26.9 Å². The molecule has 1 aliphatic heterocycles. The van der Waals surface area contributed by atoms with Gasteiger partial charge in [-0.2, -0.15) is 0 Å². The Balaban J connectivity index is 2.62. The molecule has 0 atom stereocenters. The number of ether oxygens (including phenoxy) is 2. The number of imide groups is 1. The topological polar surface area (TPSA) is 104 Å². The van der Waals surface area contributed by atoms with Gasteiger partial charge in [-0.3, -0.25) is 14.9 Å². The molecule has 24 heavy (non-hydrogen) atoms. The molecule has 0 bridgehead atoms. The maximum absolute atomic E-state index is 12.4. The van der Waals surface area contributed by atoms with E-state index < -0.39 is 11.4 Å². The van der Waals surface area contributed by atoms with E-state index in [0.29, 0.717) is 25.5 Å². The average molecular weight is 342 g/mol. The lowest BCUT2D eigenvalue weighted by Gasteiger charge is -2.32. The Morgan fingerprint density at radius 1 is 1.25 bits per heavy atom. The first kappa shape index (κ1) is 20.8. The summed E-state index contributed by atoms with van der Waals surface area (Å²) in [7, 11) is 1.60. The molecule has 138 valence electrons. The van der Waals surface area contributed by atoms with E-state index in [9.17, 15) is 9.59 Å². The molecule has 0 aromatic carbocycles. The predicted molar refractivity (Wildman–Crippen MR) is 90.8 cm³/mol. The Morgan fingerprint density at radius 3 is 2.38 bits per heavy atom. The van der Waals surface area contributed by atoms with E-state index in [4.69, 9.17) is 9.47 Å². The molecule has 1 aliphatic rings. The first-order valence-corrected chi connectivity index (χ1v) is 8.32. The molecule has 0 saturated carbocycles. The zero-order valence-electron chi connectivity index (χ0n) is 15.5. The van der Waals surface area contributed by atoms with Crippen LogP contribution in [0.1, 0.15) is 40.5 Å². The van der Waals surface area contributed by atoms with Gasteiger partial charge in [-0.1, -0.05) is 0 Å². The van der Waals surface area contributed by atoms with Crippen molar-refractivity contribution >= 4 is 11.8 Å². The van der Waals surface area contributed by atoms with Crippen LogP contribution in [0.4, 0.5) is 0 Å².